The van der Waals surface area contributed by atoms with Crippen molar-refractivity contribution in [3.63, 3.8) is 0 Å². The Morgan fingerprint density at radius 1 is 0.900 bits per heavy atom. The van der Waals surface area contributed by atoms with Crippen LogP contribution in [0.15, 0.2) is 18.2 Å². The zero-order valence-electron chi connectivity index (χ0n) is 12.7. The van der Waals surface area contributed by atoms with Crippen LogP contribution >= 0.6 is 0 Å². The molecule has 0 fully saturated rings. The summed E-state index contributed by atoms with van der Waals surface area (Å²) < 4.78 is 26.2. The number of halogens is 2. The molecule has 0 aromatic heterocycles. The Labute approximate surface area is 121 Å². The van der Waals surface area contributed by atoms with E-state index in [-0.39, 0.29) is 0 Å². The number of benzene rings is 1. The van der Waals surface area contributed by atoms with E-state index in [4.69, 9.17) is 0 Å². The van der Waals surface area contributed by atoms with Gasteiger partial charge in [0.05, 0.1) is 0 Å². The first-order valence-corrected chi connectivity index (χ1v) is 7.89. The number of nitrogens with one attached hydrogen (secondary N) is 1. The first kappa shape index (κ1) is 16.9. The van der Waals surface area contributed by atoms with Crippen LogP contribution in [0.25, 0.3) is 0 Å². The van der Waals surface area contributed by atoms with E-state index in [2.05, 4.69) is 19.2 Å². The Bertz CT molecular complexity index is 369. The molecule has 1 aromatic carbocycles. The Balaban J connectivity index is 2.54. The predicted molar refractivity (Wildman–Crippen MR) is 82.1 cm³/mol. The van der Waals surface area contributed by atoms with Crippen LogP contribution in [0.2, 0.25) is 0 Å². The van der Waals surface area contributed by atoms with Crippen LogP contribution in [-0.4, -0.2) is 6.04 Å². The number of hydrogen-bond acceptors (Lipinski definition) is 1. The lowest BCUT2D eigenvalue weighted by atomic mass is 10.0. The molecule has 0 radical (unpaired) electrons. The molecule has 114 valence electrons. The average molecular weight is 283 g/mol. The van der Waals surface area contributed by atoms with Gasteiger partial charge in [-0.15, -0.1) is 0 Å². The van der Waals surface area contributed by atoms with Crippen molar-refractivity contribution in [2.24, 2.45) is 0 Å². The summed E-state index contributed by atoms with van der Waals surface area (Å²) in [5, 5.41) is 3.36. The number of anilines is 1. The smallest absolute Gasteiger partial charge is 0.160 e. The van der Waals surface area contributed by atoms with Gasteiger partial charge in [0, 0.05) is 17.8 Å². The monoisotopic (exact) mass is 283 g/mol. The molecule has 0 spiro atoms. The standard InChI is InChI=1S/C17H27F2N/c1-3-5-7-9-14(10-8-6-4-2)20-15-11-12-16(18)17(19)13-15/h11-14,20H,3-10H2,1-2H3. The van der Waals surface area contributed by atoms with Crippen LogP contribution in [0.1, 0.15) is 65.2 Å². The predicted octanol–water partition coefficient (Wildman–Crippen LogP) is 5.91. The van der Waals surface area contributed by atoms with Crippen LogP contribution in [0.3, 0.4) is 0 Å². The highest BCUT2D eigenvalue weighted by Crippen LogP contribution is 2.19. The van der Waals surface area contributed by atoms with Crippen molar-refractivity contribution in [1.29, 1.82) is 0 Å². The summed E-state index contributed by atoms with van der Waals surface area (Å²) >= 11 is 0. The molecule has 20 heavy (non-hydrogen) atoms. The first-order valence-electron chi connectivity index (χ1n) is 7.89. The van der Waals surface area contributed by atoms with Gasteiger partial charge in [-0.1, -0.05) is 52.4 Å². The van der Waals surface area contributed by atoms with Crippen molar-refractivity contribution in [2.45, 2.75) is 71.3 Å². The second kappa shape index (κ2) is 9.73. The summed E-state index contributed by atoms with van der Waals surface area (Å²) in [6.07, 6.45) is 9.41. The molecule has 0 unspecified atom stereocenters. The Kier molecular flexibility index (Phi) is 8.24. The lowest BCUT2D eigenvalue weighted by Gasteiger charge is -2.20. The second-order valence-corrected chi connectivity index (χ2v) is 5.46. The Hall–Kier alpha value is -1.12. The fourth-order valence-corrected chi connectivity index (χ4v) is 2.39. The minimum atomic E-state index is -0.788. The van der Waals surface area contributed by atoms with E-state index in [0.717, 1.165) is 12.8 Å². The minimum Gasteiger partial charge on any atom is -0.382 e. The van der Waals surface area contributed by atoms with Gasteiger partial charge in [-0.3, -0.25) is 0 Å². The van der Waals surface area contributed by atoms with Crippen molar-refractivity contribution in [3.8, 4) is 0 Å². The molecule has 0 saturated heterocycles. The Morgan fingerprint density at radius 3 is 2.00 bits per heavy atom. The number of rotatable bonds is 10. The maximum absolute atomic E-state index is 13.2. The number of hydrogen-bond donors (Lipinski definition) is 1. The summed E-state index contributed by atoms with van der Waals surface area (Å²) in [6, 6.07) is 4.41. The summed E-state index contributed by atoms with van der Waals surface area (Å²) in [6.45, 7) is 4.38. The Morgan fingerprint density at radius 2 is 1.50 bits per heavy atom. The van der Waals surface area contributed by atoms with Crippen LogP contribution in [0, 0.1) is 11.6 Å². The summed E-state index contributed by atoms with van der Waals surface area (Å²) in [5.74, 6) is -1.57. The fourth-order valence-electron chi connectivity index (χ4n) is 2.39. The van der Waals surface area contributed by atoms with E-state index in [1.165, 1.54) is 50.7 Å². The van der Waals surface area contributed by atoms with Crippen LogP contribution in [0.4, 0.5) is 14.5 Å². The lowest BCUT2D eigenvalue weighted by Crippen LogP contribution is -2.19. The van der Waals surface area contributed by atoms with Crippen molar-refractivity contribution in [3.05, 3.63) is 29.8 Å². The van der Waals surface area contributed by atoms with E-state index in [0.29, 0.717) is 11.7 Å². The highest BCUT2D eigenvalue weighted by atomic mass is 19.2. The molecule has 1 nitrogen and oxygen atoms in total. The third-order valence-corrected chi connectivity index (χ3v) is 3.60. The molecule has 0 heterocycles. The van der Waals surface area contributed by atoms with E-state index in [9.17, 15) is 8.78 Å². The molecule has 0 aliphatic carbocycles. The molecular formula is C17H27F2N. The first-order chi connectivity index (χ1) is 9.67. The highest BCUT2D eigenvalue weighted by Gasteiger charge is 2.10. The van der Waals surface area contributed by atoms with Crippen molar-refractivity contribution in [2.75, 3.05) is 5.32 Å². The van der Waals surface area contributed by atoms with Crippen molar-refractivity contribution in [1.82, 2.24) is 0 Å². The van der Waals surface area contributed by atoms with Gasteiger partial charge in [-0.2, -0.15) is 0 Å². The molecule has 0 saturated carbocycles. The molecule has 1 aromatic rings. The molecule has 0 atom stereocenters. The van der Waals surface area contributed by atoms with Gasteiger partial charge in [0.15, 0.2) is 11.6 Å². The average Bonchev–Trinajstić information content (AvgIpc) is 2.43. The SMILES string of the molecule is CCCCCC(CCCCC)Nc1ccc(F)c(F)c1. The normalized spacial score (nSPS) is 11.1. The topological polar surface area (TPSA) is 12.0 Å². The van der Waals surface area contributed by atoms with Crippen LogP contribution < -0.4 is 5.32 Å². The summed E-state index contributed by atoms with van der Waals surface area (Å²) in [5.41, 5.74) is 0.682. The van der Waals surface area contributed by atoms with E-state index >= 15 is 0 Å². The van der Waals surface area contributed by atoms with Gasteiger partial charge in [0.1, 0.15) is 0 Å². The van der Waals surface area contributed by atoms with Gasteiger partial charge in [0.2, 0.25) is 0 Å². The highest BCUT2D eigenvalue weighted by molar-refractivity contribution is 5.44. The van der Waals surface area contributed by atoms with Crippen molar-refractivity contribution >= 4 is 5.69 Å². The molecule has 1 rings (SSSR count). The van der Waals surface area contributed by atoms with E-state index < -0.39 is 11.6 Å². The fraction of sp³-hybridized carbons (Fsp3) is 0.647. The number of unbranched alkanes of at least 4 members (excludes halogenated alkanes) is 4. The molecule has 1 N–H and O–H groups in total. The quantitative estimate of drug-likeness (QED) is 0.527. The van der Waals surface area contributed by atoms with Gasteiger partial charge in [0.25, 0.3) is 0 Å². The molecule has 0 aliphatic rings. The molecule has 3 heteroatoms. The maximum Gasteiger partial charge on any atom is 0.160 e. The lowest BCUT2D eigenvalue weighted by molar-refractivity contribution is 0.506. The van der Waals surface area contributed by atoms with E-state index in [1.54, 1.807) is 6.07 Å². The van der Waals surface area contributed by atoms with Gasteiger partial charge >= 0.3 is 0 Å². The van der Waals surface area contributed by atoms with Gasteiger partial charge < -0.3 is 5.32 Å². The zero-order chi connectivity index (χ0) is 14.8. The maximum atomic E-state index is 13.2. The third-order valence-electron chi connectivity index (χ3n) is 3.60. The van der Waals surface area contributed by atoms with Crippen LogP contribution in [-0.2, 0) is 0 Å². The molecular weight excluding hydrogens is 256 g/mol. The second-order valence-electron chi connectivity index (χ2n) is 5.46. The van der Waals surface area contributed by atoms with Gasteiger partial charge in [-0.05, 0) is 25.0 Å². The summed E-state index contributed by atoms with van der Waals surface area (Å²) in [7, 11) is 0. The summed E-state index contributed by atoms with van der Waals surface area (Å²) in [4.78, 5) is 0. The third kappa shape index (κ3) is 6.36. The largest absolute Gasteiger partial charge is 0.382 e. The van der Waals surface area contributed by atoms with Gasteiger partial charge in [-0.25, -0.2) is 8.78 Å². The molecule has 0 aliphatic heterocycles. The van der Waals surface area contributed by atoms with Crippen molar-refractivity contribution < 1.29 is 8.78 Å². The molecule has 0 amide bonds. The van der Waals surface area contributed by atoms with Crippen LogP contribution in [0.5, 0.6) is 0 Å². The zero-order valence-corrected chi connectivity index (χ0v) is 12.7. The van der Waals surface area contributed by atoms with E-state index in [1.807, 2.05) is 0 Å². The minimum absolute atomic E-state index is 0.359. The molecule has 0 bridgehead atoms.